The van der Waals surface area contributed by atoms with Crippen molar-refractivity contribution in [2.45, 2.75) is 12.8 Å². The van der Waals surface area contributed by atoms with Gasteiger partial charge in [-0.05, 0) is 55.3 Å². The normalized spacial score (nSPS) is 13.9. The monoisotopic (exact) mass is 471 g/mol. The summed E-state index contributed by atoms with van der Waals surface area (Å²) >= 11 is 18.4. The maximum Gasteiger partial charge on any atom is 0.305 e. The van der Waals surface area contributed by atoms with E-state index in [9.17, 15) is 4.79 Å². The summed E-state index contributed by atoms with van der Waals surface area (Å²) in [6, 6.07) is 12.2. The van der Waals surface area contributed by atoms with Gasteiger partial charge in [0.1, 0.15) is 0 Å². The minimum Gasteiger partial charge on any atom is -0.282 e. The molecule has 0 aliphatic carbocycles. The summed E-state index contributed by atoms with van der Waals surface area (Å²) in [6.07, 6.45) is 2.11. The van der Waals surface area contributed by atoms with Crippen LogP contribution in [0.15, 0.2) is 42.5 Å². The van der Waals surface area contributed by atoms with Gasteiger partial charge < -0.3 is 0 Å². The standard InChI is InChI=1S/C19H16Cl3N5O.ClH/c20-13-5-3-12(4-6-13)18-23-17(19(28)25-26-9-1-2-10-26)24-27(18)16-8-7-14(21)11-15(16)22;/h3-8,11H,1-2,9-10H2,(H,25,28);1H. The molecule has 0 spiro atoms. The average molecular weight is 473 g/mol. The van der Waals surface area contributed by atoms with E-state index in [1.54, 1.807) is 35.0 Å². The van der Waals surface area contributed by atoms with E-state index in [1.165, 1.54) is 0 Å². The lowest BCUT2D eigenvalue weighted by Crippen LogP contribution is -2.40. The van der Waals surface area contributed by atoms with Crippen LogP contribution in [0.3, 0.4) is 0 Å². The Hall–Kier alpha value is -1.83. The molecule has 1 amide bonds. The highest BCUT2D eigenvalue weighted by Gasteiger charge is 2.22. The number of halogens is 4. The van der Waals surface area contributed by atoms with E-state index in [4.69, 9.17) is 34.8 Å². The molecule has 0 atom stereocenters. The first-order valence-corrected chi connectivity index (χ1v) is 9.89. The lowest BCUT2D eigenvalue weighted by Gasteiger charge is -2.14. The quantitative estimate of drug-likeness (QED) is 0.576. The van der Waals surface area contributed by atoms with Crippen molar-refractivity contribution in [2.75, 3.05) is 13.1 Å². The van der Waals surface area contributed by atoms with Crippen LogP contribution in [0.1, 0.15) is 23.5 Å². The number of carbonyl (C=O) groups is 1. The molecule has 29 heavy (non-hydrogen) atoms. The van der Waals surface area contributed by atoms with Crippen LogP contribution in [0.5, 0.6) is 0 Å². The summed E-state index contributed by atoms with van der Waals surface area (Å²) in [5.74, 6) is 0.177. The zero-order chi connectivity index (χ0) is 19.7. The molecule has 2 aromatic carbocycles. The molecule has 10 heteroatoms. The van der Waals surface area contributed by atoms with Crippen LogP contribution in [-0.2, 0) is 0 Å². The van der Waals surface area contributed by atoms with Gasteiger partial charge in [0.05, 0.1) is 10.7 Å². The number of carbonyl (C=O) groups excluding carboxylic acids is 1. The van der Waals surface area contributed by atoms with Crippen molar-refractivity contribution in [1.29, 1.82) is 0 Å². The Morgan fingerprint density at radius 2 is 1.62 bits per heavy atom. The predicted octanol–water partition coefficient (Wildman–Crippen LogP) is 5.06. The van der Waals surface area contributed by atoms with Crippen LogP contribution < -0.4 is 5.43 Å². The second-order valence-corrected chi connectivity index (χ2v) is 7.69. The van der Waals surface area contributed by atoms with Gasteiger partial charge >= 0.3 is 5.91 Å². The van der Waals surface area contributed by atoms with Crippen molar-refractivity contribution in [3.8, 4) is 17.1 Å². The Morgan fingerprint density at radius 1 is 0.966 bits per heavy atom. The molecule has 0 saturated carbocycles. The number of hydrogen-bond donors (Lipinski definition) is 1. The number of aromatic nitrogens is 3. The second kappa shape index (κ2) is 9.32. The van der Waals surface area contributed by atoms with Gasteiger partial charge in [0.25, 0.3) is 0 Å². The smallest absolute Gasteiger partial charge is 0.282 e. The first-order chi connectivity index (χ1) is 13.5. The molecule has 0 unspecified atom stereocenters. The van der Waals surface area contributed by atoms with Crippen LogP contribution in [0.4, 0.5) is 0 Å². The van der Waals surface area contributed by atoms with E-state index in [2.05, 4.69) is 15.5 Å². The minimum atomic E-state index is -0.360. The maximum atomic E-state index is 12.7. The molecule has 1 aliphatic rings. The molecular formula is C19H17Cl4N5O. The van der Waals surface area contributed by atoms with Crippen molar-refractivity contribution in [2.24, 2.45) is 0 Å². The van der Waals surface area contributed by atoms with E-state index < -0.39 is 0 Å². The third-order valence-corrected chi connectivity index (χ3v) is 5.21. The van der Waals surface area contributed by atoms with Gasteiger partial charge in [-0.1, -0.05) is 34.8 Å². The Labute approximate surface area is 189 Å². The fourth-order valence-electron chi connectivity index (χ4n) is 3.04. The Kier molecular flexibility index (Phi) is 7.03. The van der Waals surface area contributed by atoms with Gasteiger partial charge in [0, 0.05) is 28.7 Å². The number of nitrogens with zero attached hydrogens (tertiary/aromatic N) is 4. The topological polar surface area (TPSA) is 63.1 Å². The summed E-state index contributed by atoms with van der Waals surface area (Å²) in [5, 5.41) is 7.81. The van der Waals surface area contributed by atoms with Crippen LogP contribution in [-0.4, -0.2) is 38.8 Å². The van der Waals surface area contributed by atoms with Gasteiger partial charge in [-0.15, -0.1) is 17.5 Å². The second-order valence-electron chi connectivity index (χ2n) is 6.41. The molecule has 3 aromatic rings. The maximum absolute atomic E-state index is 12.7. The van der Waals surface area contributed by atoms with Crippen molar-refractivity contribution >= 4 is 53.1 Å². The van der Waals surface area contributed by atoms with Crippen LogP contribution in [0.2, 0.25) is 15.1 Å². The highest BCUT2D eigenvalue weighted by Crippen LogP contribution is 2.29. The summed E-state index contributed by atoms with van der Waals surface area (Å²) in [4.78, 5) is 17.1. The van der Waals surface area contributed by atoms with Crippen molar-refractivity contribution in [1.82, 2.24) is 25.2 Å². The summed E-state index contributed by atoms with van der Waals surface area (Å²) in [7, 11) is 0. The van der Waals surface area contributed by atoms with E-state index in [0.29, 0.717) is 26.6 Å². The third-order valence-electron chi connectivity index (χ3n) is 4.42. The van der Waals surface area contributed by atoms with Gasteiger partial charge in [0.2, 0.25) is 5.82 Å². The number of amides is 1. The zero-order valence-electron chi connectivity index (χ0n) is 15.1. The third kappa shape index (κ3) is 4.85. The summed E-state index contributed by atoms with van der Waals surface area (Å²) < 4.78 is 1.54. The molecule has 1 aromatic heterocycles. The molecule has 1 saturated heterocycles. The van der Waals surface area contributed by atoms with Crippen molar-refractivity contribution in [3.63, 3.8) is 0 Å². The van der Waals surface area contributed by atoms with E-state index in [-0.39, 0.29) is 24.1 Å². The van der Waals surface area contributed by atoms with Crippen LogP contribution in [0.25, 0.3) is 17.1 Å². The number of hydrazine groups is 1. The highest BCUT2D eigenvalue weighted by molar-refractivity contribution is 6.35. The fraction of sp³-hybridized carbons (Fsp3) is 0.211. The highest BCUT2D eigenvalue weighted by atomic mass is 35.5. The molecule has 0 radical (unpaired) electrons. The Morgan fingerprint density at radius 3 is 2.28 bits per heavy atom. The number of nitrogens with one attached hydrogen (secondary N) is 1. The zero-order valence-corrected chi connectivity index (χ0v) is 18.2. The SMILES string of the molecule is Cl.O=C(NN1CCCC1)c1nc(-c2ccc(Cl)cc2)n(-c2ccc(Cl)cc2Cl)n1. The van der Waals surface area contributed by atoms with Gasteiger partial charge in [0.15, 0.2) is 5.82 Å². The summed E-state index contributed by atoms with van der Waals surface area (Å²) in [6.45, 7) is 1.64. The molecular weight excluding hydrogens is 456 g/mol. The lowest BCUT2D eigenvalue weighted by molar-refractivity contribution is 0.0814. The molecule has 6 nitrogen and oxygen atoms in total. The fourth-order valence-corrected chi connectivity index (χ4v) is 3.65. The first-order valence-electron chi connectivity index (χ1n) is 8.75. The van der Waals surface area contributed by atoms with Gasteiger partial charge in [-0.2, -0.15) is 0 Å². The van der Waals surface area contributed by atoms with E-state index in [0.717, 1.165) is 31.5 Å². The molecule has 0 bridgehead atoms. The largest absolute Gasteiger partial charge is 0.305 e. The number of benzene rings is 2. The Bertz CT molecular complexity index is 1020. The first kappa shape index (κ1) is 21.9. The van der Waals surface area contributed by atoms with Crippen LogP contribution >= 0.6 is 47.2 Å². The Balaban J connectivity index is 0.00000240. The molecule has 2 heterocycles. The van der Waals surface area contributed by atoms with Crippen molar-refractivity contribution in [3.05, 3.63) is 63.4 Å². The van der Waals surface area contributed by atoms with Gasteiger partial charge in [-0.3, -0.25) is 10.2 Å². The number of hydrogen-bond acceptors (Lipinski definition) is 4. The molecule has 4 rings (SSSR count). The predicted molar refractivity (Wildman–Crippen MR) is 117 cm³/mol. The van der Waals surface area contributed by atoms with E-state index in [1.807, 2.05) is 17.1 Å². The average Bonchev–Trinajstić information content (AvgIpc) is 3.32. The number of rotatable bonds is 4. The van der Waals surface area contributed by atoms with Crippen molar-refractivity contribution < 1.29 is 4.79 Å². The molecule has 1 aliphatic heterocycles. The molecule has 152 valence electrons. The lowest BCUT2D eigenvalue weighted by atomic mass is 10.2. The summed E-state index contributed by atoms with van der Waals surface area (Å²) in [5.41, 5.74) is 4.18. The molecule has 1 fully saturated rings. The van der Waals surface area contributed by atoms with E-state index >= 15 is 0 Å². The minimum absolute atomic E-state index is 0. The van der Waals surface area contributed by atoms with Crippen LogP contribution in [0, 0.1) is 0 Å². The van der Waals surface area contributed by atoms with Gasteiger partial charge in [-0.25, -0.2) is 14.7 Å². The molecule has 1 N–H and O–H groups in total.